The summed E-state index contributed by atoms with van der Waals surface area (Å²) in [4.78, 5) is 0. The first-order valence-electron chi connectivity index (χ1n) is 7.89. The number of aromatic nitrogens is 2. The minimum atomic E-state index is 0.776. The summed E-state index contributed by atoms with van der Waals surface area (Å²) >= 11 is 6.16. The second-order valence-electron chi connectivity index (χ2n) is 5.63. The second-order valence-corrected chi connectivity index (χ2v) is 6.06. The number of allylic oxidation sites excluding steroid dienone is 1. The highest BCUT2D eigenvalue weighted by molar-refractivity contribution is 6.30. The smallest absolute Gasteiger partial charge is 0.108 e. The Hall–Kier alpha value is -2.00. The molecule has 0 atom stereocenters. The highest BCUT2D eigenvalue weighted by Gasteiger charge is 2.07. The van der Waals surface area contributed by atoms with Gasteiger partial charge in [0.2, 0.25) is 0 Å². The molecule has 0 spiro atoms. The lowest BCUT2D eigenvalue weighted by Crippen LogP contribution is -2.14. The third-order valence-corrected chi connectivity index (χ3v) is 3.99. The Kier molecular flexibility index (Phi) is 6.05. The predicted molar refractivity (Wildman–Crippen MR) is 99.3 cm³/mol. The normalized spacial score (nSPS) is 11.6. The fourth-order valence-corrected chi connectivity index (χ4v) is 2.72. The average molecular weight is 330 g/mol. The van der Waals surface area contributed by atoms with Crippen molar-refractivity contribution in [3.63, 3.8) is 0 Å². The van der Waals surface area contributed by atoms with E-state index in [9.17, 15) is 0 Å². The lowest BCUT2D eigenvalue weighted by atomic mass is 9.97. The van der Waals surface area contributed by atoms with Crippen molar-refractivity contribution < 1.29 is 0 Å². The number of rotatable bonds is 7. The monoisotopic (exact) mass is 329 g/mol. The molecule has 122 valence electrons. The molecule has 0 amide bonds. The van der Waals surface area contributed by atoms with Gasteiger partial charge in [0, 0.05) is 24.8 Å². The van der Waals surface area contributed by atoms with Crippen LogP contribution in [0.15, 0.2) is 43.1 Å². The molecule has 0 unspecified atom stereocenters. The minimum absolute atomic E-state index is 0.776. The molecule has 0 aliphatic rings. The standard InChI is InChI=1S/C19H24ClN3/c1-5-6-16(18-13-17(20)8-7-14(18)2)9-11-21-15(3)19-10-12-23(4)22-19/h6-8,10,12-13,21H,3,5,9,11H2,1-2,4H3/b16-6-. The van der Waals surface area contributed by atoms with Gasteiger partial charge in [0.25, 0.3) is 0 Å². The van der Waals surface area contributed by atoms with Crippen molar-refractivity contribution in [1.82, 2.24) is 15.1 Å². The van der Waals surface area contributed by atoms with Crippen LogP contribution in [0.25, 0.3) is 11.3 Å². The van der Waals surface area contributed by atoms with Gasteiger partial charge in [-0.2, -0.15) is 5.10 Å². The quantitative estimate of drug-likeness (QED) is 0.788. The maximum Gasteiger partial charge on any atom is 0.108 e. The molecular formula is C19H24ClN3. The Morgan fingerprint density at radius 2 is 2.17 bits per heavy atom. The Morgan fingerprint density at radius 1 is 1.39 bits per heavy atom. The van der Waals surface area contributed by atoms with Crippen LogP contribution in [0.2, 0.25) is 5.02 Å². The molecular weight excluding hydrogens is 306 g/mol. The summed E-state index contributed by atoms with van der Waals surface area (Å²) in [7, 11) is 1.90. The van der Waals surface area contributed by atoms with Crippen LogP contribution in [0.5, 0.6) is 0 Å². The van der Waals surface area contributed by atoms with Crippen LogP contribution in [0.3, 0.4) is 0 Å². The van der Waals surface area contributed by atoms with Crippen LogP contribution in [0.4, 0.5) is 0 Å². The van der Waals surface area contributed by atoms with Crippen LogP contribution >= 0.6 is 11.6 Å². The molecule has 4 heteroatoms. The second kappa shape index (κ2) is 8.02. The summed E-state index contributed by atoms with van der Waals surface area (Å²) in [6.07, 6.45) is 6.10. The number of hydrogen-bond acceptors (Lipinski definition) is 2. The molecule has 3 nitrogen and oxygen atoms in total. The van der Waals surface area contributed by atoms with Crippen LogP contribution < -0.4 is 5.32 Å². The molecule has 1 N–H and O–H groups in total. The molecule has 0 radical (unpaired) electrons. The first-order chi connectivity index (χ1) is 11.0. The van der Waals surface area contributed by atoms with E-state index in [1.807, 2.05) is 31.4 Å². The van der Waals surface area contributed by atoms with E-state index in [1.165, 1.54) is 16.7 Å². The third-order valence-electron chi connectivity index (χ3n) is 3.75. The number of halogens is 1. The number of hydrogen-bond donors (Lipinski definition) is 1. The van der Waals surface area contributed by atoms with Crippen molar-refractivity contribution in [1.29, 1.82) is 0 Å². The van der Waals surface area contributed by atoms with E-state index in [1.54, 1.807) is 4.68 Å². The van der Waals surface area contributed by atoms with E-state index in [0.29, 0.717) is 0 Å². The molecule has 1 aromatic heterocycles. The van der Waals surface area contributed by atoms with Gasteiger partial charge in [0.15, 0.2) is 0 Å². The summed E-state index contributed by atoms with van der Waals surface area (Å²) in [5, 5.41) is 8.49. The first kappa shape index (κ1) is 17.4. The third kappa shape index (κ3) is 4.73. The molecule has 0 aliphatic heterocycles. The van der Waals surface area contributed by atoms with E-state index in [-0.39, 0.29) is 0 Å². The van der Waals surface area contributed by atoms with Crippen molar-refractivity contribution in [2.45, 2.75) is 26.7 Å². The summed E-state index contributed by atoms with van der Waals surface area (Å²) in [6.45, 7) is 9.14. The topological polar surface area (TPSA) is 29.9 Å². The van der Waals surface area contributed by atoms with Crippen LogP contribution in [-0.4, -0.2) is 16.3 Å². The average Bonchev–Trinajstić information content (AvgIpc) is 2.95. The Bertz CT molecular complexity index is 713. The number of nitrogens with zero attached hydrogens (tertiary/aromatic N) is 2. The minimum Gasteiger partial charge on any atom is -0.383 e. The molecule has 2 aromatic rings. The van der Waals surface area contributed by atoms with Gasteiger partial charge >= 0.3 is 0 Å². The maximum atomic E-state index is 6.16. The van der Waals surface area contributed by atoms with Crippen LogP contribution in [0.1, 0.15) is 36.6 Å². The number of benzene rings is 1. The Balaban J connectivity index is 2.02. The van der Waals surface area contributed by atoms with Crippen molar-refractivity contribution in [3.05, 3.63) is 65.0 Å². The predicted octanol–water partition coefficient (Wildman–Crippen LogP) is 4.83. The Morgan fingerprint density at radius 3 is 2.83 bits per heavy atom. The molecule has 0 aliphatic carbocycles. The lowest BCUT2D eigenvalue weighted by molar-refractivity contribution is 0.757. The maximum absolute atomic E-state index is 6.16. The van der Waals surface area contributed by atoms with E-state index in [0.717, 1.165) is 35.8 Å². The molecule has 23 heavy (non-hydrogen) atoms. The van der Waals surface area contributed by atoms with Gasteiger partial charge in [0.05, 0.1) is 5.70 Å². The van der Waals surface area contributed by atoms with Crippen molar-refractivity contribution in [3.8, 4) is 0 Å². The number of aryl methyl sites for hydroxylation is 2. The van der Waals surface area contributed by atoms with Crippen LogP contribution in [-0.2, 0) is 7.05 Å². The molecule has 0 fully saturated rings. The molecule has 0 bridgehead atoms. The highest BCUT2D eigenvalue weighted by Crippen LogP contribution is 2.25. The lowest BCUT2D eigenvalue weighted by Gasteiger charge is -2.13. The summed E-state index contributed by atoms with van der Waals surface area (Å²) in [5.41, 5.74) is 5.52. The zero-order chi connectivity index (χ0) is 16.8. The molecule has 1 heterocycles. The zero-order valence-electron chi connectivity index (χ0n) is 14.1. The fourth-order valence-electron chi connectivity index (χ4n) is 2.55. The summed E-state index contributed by atoms with van der Waals surface area (Å²) < 4.78 is 1.78. The van der Waals surface area contributed by atoms with E-state index >= 15 is 0 Å². The molecule has 1 aromatic carbocycles. The summed E-state index contributed by atoms with van der Waals surface area (Å²) in [5.74, 6) is 0. The van der Waals surface area contributed by atoms with Gasteiger partial charge in [-0.3, -0.25) is 4.68 Å². The summed E-state index contributed by atoms with van der Waals surface area (Å²) in [6, 6.07) is 8.01. The van der Waals surface area contributed by atoms with Gasteiger partial charge in [-0.05, 0) is 54.7 Å². The molecule has 0 saturated heterocycles. The van der Waals surface area contributed by atoms with E-state index < -0.39 is 0 Å². The van der Waals surface area contributed by atoms with Crippen molar-refractivity contribution >= 4 is 22.9 Å². The highest BCUT2D eigenvalue weighted by atomic mass is 35.5. The van der Waals surface area contributed by atoms with E-state index in [2.05, 4.69) is 43.0 Å². The van der Waals surface area contributed by atoms with Gasteiger partial charge in [0.1, 0.15) is 5.69 Å². The van der Waals surface area contributed by atoms with E-state index in [4.69, 9.17) is 11.6 Å². The fraction of sp³-hybridized carbons (Fsp3) is 0.316. The van der Waals surface area contributed by atoms with Gasteiger partial charge < -0.3 is 5.32 Å². The first-order valence-corrected chi connectivity index (χ1v) is 8.27. The zero-order valence-corrected chi connectivity index (χ0v) is 14.8. The molecule has 2 rings (SSSR count). The van der Waals surface area contributed by atoms with Gasteiger partial charge in [-0.25, -0.2) is 0 Å². The SMILES string of the molecule is C=C(NCC/C(=C/CC)c1cc(Cl)ccc1C)c1ccn(C)n1. The largest absolute Gasteiger partial charge is 0.383 e. The van der Waals surface area contributed by atoms with Crippen molar-refractivity contribution in [2.24, 2.45) is 7.05 Å². The van der Waals surface area contributed by atoms with Gasteiger partial charge in [-0.15, -0.1) is 0 Å². The van der Waals surface area contributed by atoms with Gasteiger partial charge in [-0.1, -0.05) is 37.2 Å². The van der Waals surface area contributed by atoms with Crippen LogP contribution in [0, 0.1) is 6.92 Å². The van der Waals surface area contributed by atoms with Crippen molar-refractivity contribution in [2.75, 3.05) is 6.54 Å². The Labute approximate surface area is 143 Å². The molecule has 0 saturated carbocycles. The number of nitrogens with one attached hydrogen (secondary N) is 1.